The third kappa shape index (κ3) is 3.75. The van der Waals surface area contributed by atoms with Crippen molar-refractivity contribution in [2.24, 2.45) is 0 Å². The third-order valence-corrected chi connectivity index (χ3v) is 6.75. The standard InChI is InChI=1S/C16H15ClN5O5PS/c17-8-1-3-9(4-2-8)29-16-20-14(18)13-15(21-16)22(7-19-13)12-5-10-11(26-12)6-25-28(23,24)27-10/h1-4,7,10-12H,5-6H2,(H,23,24)(H2,18,20,21). The van der Waals surface area contributed by atoms with E-state index in [1.54, 1.807) is 23.0 Å². The Kier molecular flexibility index (Phi) is 4.78. The van der Waals surface area contributed by atoms with Gasteiger partial charge in [0.1, 0.15) is 24.0 Å². The fourth-order valence-corrected chi connectivity index (χ4v) is 5.13. The number of phosphoric ester groups is 1. The number of hydrogen-bond donors (Lipinski definition) is 2. The van der Waals surface area contributed by atoms with Gasteiger partial charge in [-0.25, -0.2) is 19.5 Å². The Bertz CT molecular complexity index is 1130. The minimum absolute atomic E-state index is 0.0175. The molecule has 2 aromatic heterocycles. The highest BCUT2D eigenvalue weighted by Gasteiger charge is 2.46. The smallest absolute Gasteiger partial charge is 0.382 e. The van der Waals surface area contributed by atoms with Crippen molar-refractivity contribution in [2.45, 2.75) is 34.9 Å². The monoisotopic (exact) mass is 455 g/mol. The van der Waals surface area contributed by atoms with Crippen LogP contribution < -0.4 is 5.73 Å². The van der Waals surface area contributed by atoms with Crippen LogP contribution in [0.3, 0.4) is 0 Å². The first-order valence-corrected chi connectivity index (χ1v) is 11.3. The van der Waals surface area contributed by atoms with Crippen molar-refractivity contribution in [2.75, 3.05) is 12.3 Å². The van der Waals surface area contributed by atoms with Crippen LogP contribution >= 0.6 is 31.2 Å². The van der Waals surface area contributed by atoms with Gasteiger partial charge >= 0.3 is 7.82 Å². The summed E-state index contributed by atoms with van der Waals surface area (Å²) in [7, 11) is -4.03. The summed E-state index contributed by atoms with van der Waals surface area (Å²) in [5.74, 6) is 0.250. The van der Waals surface area contributed by atoms with Gasteiger partial charge in [0, 0.05) is 16.3 Å². The summed E-state index contributed by atoms with van der Waals surface area (Å²) < 4.78 is 29.3. The summed E-state index contributed by atoms with van der Waals surface area (Å²) in [5, 5.41) is 1.09. The van der Waals surface area contributed by atoms with Crippen LogP contribution in [0.1, 0.15) is 12.6 Å². The Hall–Kier alpha value is -1.72. The van der Waals surface area contributed by atoms with Crippen LogP contribution in [0.4, 0.5) is 5.82 Å². The van der Waals surface area contributed by atoms with Gasteiger partial charge in [-0.05, 0) is 36.0 Å². The molecule has 4 atom stereocenters. The molecular weight excluding hydrogens is 441 g/mol. The van der Waals surface area contributed by atoms with Gasteiger partial charge in [0.05, 0.1) is 12.9 Å². The highest BCUT2D eigenvalue weighted by Crippen LogP contribution is 2.52. The zero-order valence-corrected chi connectivity index (χ0v) is 17.2. The summed E-state index contributed by atoms with van der Waals surface area (Å²) >= 11 is 7.27. The topological polar surface area (TPSA) is 135 Å². The van der Waals surface area contributed by atoms with E-state index in [-0.39, 0.29) is 12.4 Å². The Morgan fingerprint density at radius 2 is 2.07 bits per heavy atom. The molecule has 0 bridgehead atoms. The maximum absolute atomic E-state index is 11.7. The highest BCUT2D eigenvalue weighted by atomic mass is 35.5. The van der Waals surface area contributed by atoms with Gasteiger partial charge in [0.15, 0.2) is 16.6 Å². The summed E-state index contributed by atoms with van der Waals surface area (Å²) in [6, 6.07) is 7.30. The summed E-state index contributed by atoms with van der Waals surface area (Å²) in [6.45, 7) is -0.0175. The van der Waals surface area contributed by atoms with Crippen molar-refractivity contribution in [3.05, 3.63) is 35.6 Å². The van der Waals surface area contributed by atoms with E-state index in [0.717, 1.165) is 4.90 Å². The fraction of sp³-hybridized carbons (Fsp3) is 0.312. The number of ether oxygens (including phenoxy) is 1. The molecule has 2 fully saturated rings. The minimum Gasteiger partial charge on any atom is -0.382 e. The van der Waals surface area contributed by atoms with Gasteiger partial charge in [-0.15, -0.1) is 0 Å². The van der Waals surface area contributed by atoms with E-state index in [9.17, 15) is 9.46 Å². The van der Waals surface area contributed by atoms with Crippen LogP contribution in [0.5, 0.6) is 0 Å². The van der Waals surface area contributed by atoms with Crippen molar-refractivity contribution >= 4 is 48.2 Å². The first kappa shape index (κ1) is 19.3. The maximum Gasteiger partial charge on any atom is 0.472 e. The molecule has 4 heterocycles. The number of phosphoric acid groups is 1. The van der Waals surface area contributed by atoms with Crippen molar-refractivity contribution in [3.8, 4) is 0 Å². The number of nitrogens with two attached hydrogens (primary N) is 1. The second-order valence-electron chi connectivity index (χ2n) is 6.54. The molecule has 2 aliphatic heterocycles. The number of anilines is 1. The second kappa shape index (κ2) is 7.21. The molecule has 5 rings (SSSR count). The van der Waals surface area contributed by atoms with Crippen molar-refractivity contribution in [3.63, 3.8) is 0 Å². The Labute approximate surface area is 174 Å². The van der Waals surface area contributed by atoms with Crippen LogP contribution in [0.25, 0.3) is 11.2 Å². The lowest BCUT2D eigenvalue weighted by molar-refractivity contribution is -0.0662. The van der Waals surface area contributed by atoms with Gasteiger partial charge in [0.2, 0.25) is 0 Å². The number of fused-ring (bicyclic) bond motifs is 2. The molecule has 0 amide bonds. The zero-order valence-electron chi connectivity index (χ0n) is 14.7. The Morgan fingerprint density at radius 3 is 2.86 bits per heavy atom. The van der Waals surface area contributed by atoms with E-state index < -0.39 is 26.3 Å². The highest BCUT2D eigenvalue weighted by molar-refractivity contribution is 7.99. The average molecular weight is 456 g/mol. The number of nitrogen functional groups attached to an aromatic ring is 1. The average Bonchev–Trinajstić information content (AvgIpc) is 3.26. The van der Waals surface area contributed by atoms with Crippen LogP contribution in [-0.4, -0.2) is 43.2 Å². The van der Waals surface area contributed by atoms with E-state index in [1.807, 2.05) is 12.1 Å². The molecule has 3 aromatic rings. The lowest BCUT2D eigenvalue weighted by Gasteiger charge is -2.26. The van der Waals surface area contributed by atoms with E-state index >= 15 is 0 Å². The maximum atomic E-state index is 11.7. The molecule has 13 heteroatoms. The lowest BCUT2D eigenvalue weighted by atomic mass is 10.2. The molecule has 29 heavy (non-hydrogen) atoms. The fourth-order valence-electron chi connectivity index (χ4n) is 3.28. The lowest BCUT2D eigenvalue weighted by Crippen LogP contribution is -2.32. The number of benzene rings is 1. The number of imidazole rings is 1. The summed E-state index contributed by atoms with van der Waals surface area (Å²) in [6.07, 6.45) is 0.429. The predicted molar refractivity (Wildman–Crippen MR) is 104 cm³/mol. The van der Waals surface area contributed by atoms with Crippen LogP contribution in [0.15, 0.2) is 40.6 Å². The molecule has 1 aromatic carbocycles. The second-order valence-corrected chi connectivity index (χ2v) is 9.43. The number of nitrogens with zero attached hydrogens (tertiary/aromatic N) is 4. The minimum atomic E-state index is -4.03. The zero-order chi connectivity index (χ0) is 20.2. The molecule has 2 saturated heterocycles. The quantitative estimate of drug-likeness (QED) is 0.448. The van der Waals surface area contributed by atoms with Gasteiger partial charge in [0.25, 0.3) is 0 Å². The largest absolute Gasteiger partial charge is 0.472 e. The number of halogens is 1. The van der Waals surface area contributed by atoms with Gasteiger partial charge < -0.3 is 15.4 Å². The van der Waals surface area contributed by atoms with Crippen molar-refractivity contribution in [1.82, 2.24) is 19.5 Å². The van der Waals surface area contributed by atoms with Gasteiger partial charge in [-0.1, -0.05) is 11.6 Å². The molecular formula is C16H15ClN5O5PS. The normalized spacial score (nSPS) is 29.2. The van der Waals surface area contributed by atoms with Gasteiger partial charge in [-0.2, -0.15) is 0 Å². The summed E-state index contributed by atoms with van der Waals surface area (Å²) in [5.41, 5.74) is 7.04. The van der Waals surface area contributed by atoms with Crippen molar-refractivity contribution in [1.29, 1.82) is 0 Å². The molecule has 0 aliphatic carbocycles. The molecule has 152 valence electrons. The predicted octanol–water partition coefficient (Wildman–Crippen LogP) is 3.02. The number of rotatable bonds is 3. The molecule has 2 aliphatic rings. The van der Waals surface area contributed by atoms with E-state index in [2.05, 4.69) is 15.0 Å². The van der Waals surface area contributed by atoms with Crippen LogP contribution in [0, 0.1) is 0 Å². The molecule has 0 radical (unpaired) electrons. The van der Waals surface area contributed by atoms with E-state index in [4.69, 9.17) is 31.1 Å². The molecule has 3 N–H and O–H groups in total. The van der Waals surface area contributed by atoms with Crippen LogP contribution in [-0.2, 0) is 18.3 Å². The molecule has 10 nitrogen and oxygen atoms in total. The molecule has 0 spiro atoms. The van der Waals surface area contributed by atoms with Crippen LogP contribution in [0.2, 0.25) is 5.02 Å². The molecule has 0 saturated carbocycles. The Balaban J connectivity index is 1.45. The van der Waals surface area contributed by atoms with E-state index in [1.165, 1.54) is 11.8 Å². The Morgan fingerprint density at radius 1 is 1.28 bits per heavy atom. The number of aromatic nitrogens is 4. The summed E-state index contributed by atoms with van der Waals surface area (Å²) in [4.78, 5) is 23.6. The van der Waals surface area contributed by atoms with Crippen molar-refractivity contribution < 1.29 is 23.2 Å². The SMILES string of the molecule is Nc1nc(Sc2ccc(Cl)cc2)nc2c1ncn2C1CC2OP(=O)(O)OCC2O1. The van der Waals surface area contributed by atoms with Gasteiger partial charge in [-0.3, -0.25) is 13.6 Å². The van der Waals surface area contributed by atoms with E-state index in [0.29, 0.717) is 27.8 Å². The first-order chi connectivity index (χ1) is 13.9. The first-order valence-electron chi connectivity index (χ1n) is 8.63. The third-order valence-electron chi connectivity index (χ3n) is 4.61. The number of hydrogen-bond acceptors (Lipinski definition) is 9. The molecule has 4 unspecified atom stereocenters.